The zero-order valence-electron chi connectivity index (χ0n) is 12.8. The second kappa shape index (κ2) is 7.27. The van der Waals surface area contributed by atoms with Gasteiger partial charge in [0.15, 0.2) is 0 Å². The summed E-state index contributed by atoms with van der Waals surface area (Å²) in [6.07, 6.45) is 1.58. The second-order valence-electron chi connectivity index (χ2n) is 5.27. The number of para-hydroxylation sites is 1. The zero-order chi connectivity index (χ0) is 16.1. The lowest BCUT2D eigenvalue weighted by Gasteiger charge is -2.19. The van der Waals surface area contributed by atoms with E-state index in [2.05, 4.69) is 10.3 Å². The smallest absolute Gasteiger partial charge is 0.251 e. The van der Waals surface area contributed by atoms with Gasteiger partial charge in [0.1, 0.15) is 10.9 Å². The Morgan fingerprint density at radius 3 is 2.64 bits per heavy atom. The van der Waals surface area contributed by atoms with Crippen molar-refractivity contribution in [1.82, 2.24) is 10.3 Å². The van der Waals surface area contributed by atoms with Gasteiger partial charge in [-0.15, -0.1) is 0 Å². The number of hydrogen-bond donors (Lipinski definition) is 1. The van der Waals surface area contributed by atoms with Crippen molar-refractivity contribution in [3.63, 3.8) is 0 Å². The molecular weight excluding hydrogens is 300 g/mol. The molecule has 5 heteroatoms. The molecule has 1 heterocycles. The van der Waals surface area contributed by atoms with Crippen molar-refractivity contribution in [3.8, 4) is 5.75 Å². The fraction of sp³-hybridized carbons (Fsp3) is 0.294. The van der Waals surface area contributed by atoms with Crippen LogP contribution in [0.25, 0.3) is 0 Å². The first-order chi connectivity index (χ1) is 10.5. The Balaban J connectivity index is 2.15. The van der Waals surface area contributed by atoms with E-state index in [4.69, 9.17) is 16.3 Å². The van der Waals surface area contributed by atoms with Gasteiger partial charge >= 0.3 is 0 Å². The number of carbonyl (C=O) groups excluding carboxylic acids is 1. The standard InChI is InChI=1S/C17H19ClN2O2/c1-11(2)22-15-7-5-4-6-14(15)12(3)20-17(21)13-8-9-19-16(18)10-13/h4-12H,1-3H3,(H,20,21). The van der Waals surface area contributed by atoms with Crippen LogP contribution in [0.15, 0.2) is 42.6 Å². The highest BCUT2D eigenvalue weighted by molar-refractivity contribution is 6.29. The normalized spacial score (nSPS) is 12.0. The van der Waals surface area contributed by atoms with E-state index in [-0.39, 0.29) is 18.1 Å². The van der Waals surface area contributed by atoms with Gasteiger partial charge in [0.25, 0.3) is 5.91 Å². The fourth-order valence-electron chi connectivity index (χ4n) is 2.10. The molecule has 0 aliphatic carbocycles. The molecule has 0 saturated carbocycles. The third-order valence-electron chi connectivity index (χ3n) is 3.08. The fourth-order valence-corrected chi connectivity index (χ4v) is 2.27. The van der Waals surface area contributed by atoms with Gasteiger partial charge in [0.05, 0.1) is 12.1 Å². The number of carbonyl (C=O) groups is 1. The van der Waals surface area contributed by atoms with Gasteiger partial charge in [0.2, 0.25) is 0 Å². The average molecular weight is 319 g/mol. The minimum absolute atomic E-state index is 0.0723. The molecule has 4 nitrogen and oxygen atoms in total. The molecule has 1 aromatic heterocycles. The molecule has 0 spiro atoms. The summed E-state index contributed by atoms with van der Waals surface area (Å²) in [4.78, 5) is 16.1. The summed E-state index contributed by atoms with van der Waals surface area (Å²) < 4.78 is 5.79. The summed E-state index contributed by atoms with van der Waals surface area (Å²) in [7, 11) is 0. The zero-order valence-corrected chi connectivity index (χ0v) is 13.6. The van der Waals surface area contributed by atoms with Crippen molar-refractivity contribution in [2.45, 2.75) is 32.9 Å². The van der Waals surface area contributed by atoms with E-state index in [9.17, 15) is 4.79 Å². The largest absolute Gasteiger partial charge is 0.491 e. The number of hydrogen-bond acceptors (Lipinski definition) is 3. The lowest BCUT2D eigenvalue weighted by molar-refractivity contribution is 0.0939. The van der Waals surface area contributed by atoms with Gasteiger partial charge in [0, 0.05) is 17.3 Å². The molecule has 2 rings (SSSR count). The predicted molar refractivity (Wildman–Crippen MR) is 87.3 cm³/mol. The number of benzene rings is 1. The highest BCUT2D eigenvalue weighted by Crippen LogP contribution is 2.26. The van der Waals surface area contributed by atoms with Crippen molar-refractivity contribution in [1.29, 1.82) is 0 Å². The van der Waals surface area contributed by atoms with Crippen LogP contribution in [-0.2, 0) is 0 Å². The van der Waals surface area contributed by atoms with Gasteiger partial charge in [-0.2, -0.15) is 0 Å². The molecule has 1 atom stereocenters. The van der Waals surface area contributed by atoms with Crippen LogP contribution in [0.4, 0.5) is 0 Å². The van der Waals surface area contributed by atoms with E-state index < -0.39 is 0 Å². The Kier molecular flexibility index (Phi) is 5.39. The molecule has 0 fully saturated rings. The van der Waals surface area contributed by atoms with Crippen LogP contribution in [0.3, 0.4) is 0 Å². The number of pyridine rings is 1. The van der Waals surface area contributed by atoms with Crippen LogP contribution in [0.5, 0.6) is 5.75 Å². The lowest BCUT2D eigenvalue weighted by Crippen LogP contribution is -2.27. The first kappa shape index (κ1) is 16.3. The third-order valence-corrected chi connectivity index (χ3v) is 3.29. The quantitative estimate of drug-likeness (QED) is 0.847. The Bertz CT molecular complexity index is 659. The first-order valence-corrected chi connectivity index (χ1v) is 7.53. The van der Waals surface area contributed by atoms with E-state index in [0.29, 0.717) is 10.7 Å². The SMILES string of the molecule is CC(C)Oc1ccccc1C(C)NC(=O)c1ccnc(Cl)c1. The summed E-state index contributed by atoms with van der Waals surface area (Å²) in [6, 6.07) is 10.7. The van der Waals surface area contributed by atoms with Crippen LogP contribution in [0.1, 0.15) is 42.7 Å². The number of ether oxygens (including phenoxy) is 1. The van der Waals surface area contributed by atoms with Crippen LogP contribution in [-0.4, -0.2) is 17.0 Å². The van der Waals surface area contributed by atoms with E-state index in [0.717, 1.165) is 11.3 Å². The van der Waals surface area contributed by atoms with Crippen molar-refractivity contribution >= 4 is 17.5 Å². The molecule has 0 bridgehead atoms. The maximum atomic E-state index is 12.3. The lowest BCUT2D eigenvalue weighted by atomic mass is 10.1. The number of nitrogens with one attached hydrogen (secondary N) is 1. The molecule has 1 aromatic carbocycles. The van der Waals surface area contributed by atoms with E-state index in [1.54, 1.807) is 12.1 Å². The van der Waals surface area contributed by atoms with Crippen LogP contribution in [0.2, 0.25) is 5.15 Å². The maximum absolute atomic E-state index is 12.3. The summed E-state index contributed by atoms with van der Waals surface area (Å²) in [5.74, 6) is 0.578. The van der Waals surface area contributed by atoms with Crippen molar-refractivity contribution in [2.75, 3.05) is 0 Å². The first-order valence-electron chi connectivity index (χ1n) is 7.15. The molecule has 22 heavy (non-hydrogen) atoms. The molecule has 1 N–H and O–H groups in total. The Hall–Kier alpha value is -2.07. The molecule has 0 saturated heterocycles. The number of nitrogens with zero attached hydrogens (tertiary/aromatic N) is 1. The van der Waals surface area contributed by atoms with E-state index in [1.165, 1.54) is 6.20 Å². The minimum atomic E-state index is -0.198. The topological polar surface area (TPSA) is 51.2 Å². The number of rotatable bonds is 5. The summed E-state index contributed by atoms with van der Waals surface area (Å²) in [5.41, 5.74) is 1.42. The van der Waals surface area contributed by atoms with Gasteiger partial charge in [-0.1, -0.05) is 29.8 Å². The molecule has 1 unspecified atom stereocenters. The monoisotopic (exact) mass is 318 g/mol. The Labute approximate surface area is 135 Å². The van der Waals surface area contributed by atoms with Gasteiger partial charge in [-0.25, -0.2) is 4.98 Å². The van der Waals surface area contributed by atoms with Gasteiger partial charge in [-0.05, 0) is 39.0 Å². The molecule has 1 amide bonds. The molecule has 116 valence electrons. The summed E-state index contributed by atoms with van der Waals surface area (Å²) >= 11 is 5.81. The van der Waals surface area contributed by atoms with Crippen LogP contribution >= 0.6 is 11.6 Å². The third kappa shape index (κ3) is 4.21. The highest BCUT2D eigenvalue weighted by atomic mass is 35.5. The molecular formula is C17H19ClN2O2. The Morgan fingerprint density at radius 2 is 1.95 bits per heavy atom. The average Bonchev–Trinajstić information content (AvgIpc) is 2.47. The van der Waals surface area contributed by atoms with Crippen molar-refractivity contribution in [3.05, 3.63) is 58.9 Å². The van der Waals surface area contributed by atoms with Crippen molar-refractivity contribution < 1.29 is 9.53 Å². The molecule has 0 aliphatic rings. The maximum Gasteiger partial charge on any atom is 0.251 e. The van der Waals surface area contributed by atoms with Gasteiger partial charge in [-0.3, -0.25) is 4.79 Å². The molecule has 0 radical (unpaired) electrons. The Morgan fingerprint density at radius 1 is 1.23 bits per heavy atom. The molecule has 0 aliphatic heterocycles. The van der Waals surface area contributed by atoms with Crippen LogP contribution < -0.4 is 10.1 Å². The van der Waals surface area contributed by atoms with Crippen molar-refractivity contribution in [2.24, 2.45) is 0 Å². The summed E-state index contributed by atoms with van der Waals surface area (Å²) in [5, 5.41) is 3.24. The summed E-state index contributed by atoms with van der Waals surface area (Å²) in [6.45, 7) is 5.86. The number of halogens is 1. The number of aromatic nitrogens is 1. The second-order valence-corrected chi connectivity index (χ2v) is 5.65. The minimum Gasteiger partial charge on any atom is -0.491 e. The predicted octanol–water partition coefficient (Wildman–Crippen LogP) is 4.01. The van der Waals surface area contributed by atoms with Gasteiger partial charge < -0.3 is 10.1 Å². The van der Waals surface area contributed by atoms with E-state index >= 15 is 0 Å². The highest BCUT2D eigenvalue weighted by Gasteiger charge is 2.16. The molecule has 2 aromatic rings. The number of amides is 1. The van der Waals surface area contributed by atoms with Crippen LogP contribution in [0, 0.1) is 0 Å². The van der Waals surface area contributed by atoms with E-state index in [1.807, 2.05) is 45.0 Å².